The molecule has 0 saturated heterocycles. The number of rotatable bonds is 4. The first-order valence-corrected chi connectivity index (χ1v) is 2.84. The van der Waals surface area contributed by atoms with Gasteiger partial charge in [0.1, 0.15) is 0 Å². The van der Waals surface area contributed by atoms with Crippen LogP contribution in [0.25, 0.3) is 0 Å². The minimum absolute atomic E-state index is 0.685. The van der Waals surface area contributed by atoms with E-state index in [1.54, 1.807) is 25.4 Å². The SMILES string of the molecule is C=C/C=C(/C=N/NC)N=C. The molecule has 0 saturated carbocycles. The maximum Gasteiger partial charge on any atom is 0.0822 e. The Morgan fingerprint density at radius 2 is 2.30 bits per heavy atom. The average molecular weight is 137 g/mol. The molecule has 0 atom stereocenters. The van der Waals surface area contributed by atoms with Gasteiger partial charge in [-0.05, 0) is 12.8 Å². The molecule has 0 aliphatic rings. The molecule has 0 rings (SSSR count). The van der Waals surface area contributed by atoms with Gasteiger partial charge in [0.05, 0.1) is 11.9 Å². The lowest BCUT2D eigenvalue weighted by atomic mass is 10.4. The molecule has 0 aromatic rings. The summed E-state index contributed by atoms with van der Waals surface area (Å²) in [5.74, 6) is 0. The van der Waals surface area contributed by atoms with E-state index in [0.29, 0.717) is 5.70 Å². The van der Waals surface area contributed by atoms with Gasteiger partial charge in [-0.25, -0.2) is 0 Å². The number of nitrogens with zero attached hydrogens (tertiary/aromatic N) is 2. The van der Waals surface area contributed by atoms with E-state index in [9.17, 15) is 0 Å². The number of hydrogen-bond donors (Lipinski definition) is 1. The molecule has 54 valence electrons. The van der Waals surface area contributed by atoms with Crippen molar-refractivity contribution < 1.29 is 0 Å². The Bertz CT molecular complexity index is 168. The van der Waals surface area contributed by atoms with E-state index < -0.39 is 0 Å². The molecule has 0 aromatic carbocycles. The van der Waals surface area contributed by atoms with Crippen LogP contribution in [0.4, 0.5) is 0 Å². The van der Waals surface area contributed by atoms with Crippen molar-refractivity contribution in [3.8, 4) is 0 Å². The summed E-state index contributed by atoms with van der Waals surface area (Å²) in [6, 6.07) is 0. The molecule has 0 amide bonds. The molecule has 0 aromatic heterocycles. The highest BCUT2D eigenvalue weighted by Gasteiger charge is 1.80. The van der Waals surface area contributed by atoms with E-state index in [2.05, 4.69) is 28.8 Å². The average Bonchev–Trinajstić information content (AvgIpc) is 1.98. The minimum atomic E-state index is 0.685. The monoisotopic (exact) mass is 137 g/mol. The Morgan fingerprint density at radius 1 is 1.60 bits per heavy atom. The van der Waals surface area contributed by atoms with Gasteiger partial charge in [-0.3, -0.25) is 4.99 Å². The van der Waals surface area contributed by atoms with Crippen LogP contribution in [0.3, 0.4) is 0 Å². The summed E-state index contributed by atoms with van der Waals surface area (Å²) in [7, 11) is 1.71. The van der Waals surface area contributed by atoms with Crippen molar-refractivity contribution in [3.63, 3.8) is 0 Å². The topological polar surface area (TPSA) is 36.8 Å². The first kappa shape index (κ1) is 8.62. The lowest BCUT2D eigenvalue weighted by molar-refractivity contribution is 0.907. The summed E-state index contributed by atoms with van der Waals surface area (Å²) in [5, 5.41) is 3.74. The van der Waals surface area contributed by atoms with E-state index in [4.69, 9.17) is 0 Å². The third-order valence-corrected chi connectivity index (χ3v) is 0.797. The predicted molar refractivity (Wildman–Crippen MR) is 45.4 cm³/mol. The standard InChI is InChI=1S/C7H11N3/c1-4-5-7(8-2)6-10-9-3/h4-6,9H,1-2H2,3H3/b7-5-,10-6+. The van der Waals surface area contributed by atoms with Crippen LogP contribution in [0, 0.1) is 0 Å². The quantitative estimate of drug-likeness (QED) is 0.350. The van der Waals surface area contributed by atoms with E-state index in [-0.39, 0.29) is 0 Å². The summed E-state index contributed by atoms with van der Waals surface area (Å²) in [6.07, 6.45) is 4.91. The Hall–Kier alpha value is -1.38. The molecule has 1 N–H and O–H groups in total. The van der Waals surface area contributed by atoms with Crippen molar-refractivity contribution in [2.24, 2.45) is 10.1 Å². The second-order valence-electron chi connectivity index (χ2n) is 1.47. The summed E-state index contributed by atoms with van der Waals surface area (Å²) in [5.41, 5.74) is 3.28. The third-order valence-electron chi connectivity index (χ3n) is 0.797. The predicted octanol–water partition coefficient (Wildman–Crippen LogP) is 0.962. The van der Waals surface area contributed by atoms with Crippen molar-refractivity contribution in [2.45, 2.75) is 0 Å². The first-order chi connectivity index (χ1) is 4.85. The van der Waals surface area contributed by atoms with Crippen molar-refractivity contribution in [3.05, 3.63) is 24.4 Å². The maximum atomic E-state index is 3.74. The zero-order valence-corrected chi connectivity index (χ0v) is 6.04. The lowest BCUT2D eigenvalue weighted by Crippen LogP contribution is -1.94. The Morgan fingerprint density at radius 3 is 2.70 bits per heavy atom. The van der Waals surface area contributed by atoms with Crippen LogP contribution in [0.1, 0.15) is 0 Å². The van der Waals surface area contributed by atoms with Crippen LogP contribution >= 0.6 is 0 Å². The zero-order valence-electron chi connectivity index (χ0n) is 6.04. The highest BCUT2D eigenvalue weighted by molar-refractivity contribution is 5.79. The molecule has 10 heavy (non-hydrogen) atoms. The molecule has 0 heterocycles. The van der Waals surface area contributed by atoms with Gasteiger partial charge in [-0.1, -0.05) is 12.7 Å². The fourth-order valence-corrected chi connectivity index (χ4v) is 0.388. The molecule has 0 fully saturated rings. The third kappa shape index (κ3) is 3.60. The number of hydrogen-bond acceptors (Lipinski definition) is 3. The molecular weight excluding hydrogens is 126 g/mol. The van der Waals surface area contributed by atoms with Gasteiger partial charge in [0.25, 0.3) is 0 Å². The molecule has 3 heteroatoms. The second kappa shape index (κ2) is 5.75. The molecule has 0 unspecified atom stereocenters. The van der Waals surface area contributed by atoms with Crippen LogP contribution in [-0.4, -0.2) is 20.0 Å². The van der Waals surface area contributed by atoms with Crippen LogP contribution in [0.2, 0.25) is 0 Å². The zero-order chi connectivity index (χ0) is 7.82. The van der Waals surface area contributed by atoms with Crippen LogP contribution in [-0.2, 0) is 0 Å². The van der Waals surface area contributed by atoms with Crippen molar-refractivity contribution in [1.82, 2.24) is 5.43 Å². The highest BCUT2D eigenvalue weighted by atomic mass is 15.3. The van der Waals surface area contributed by atoms with Gasteiger partial charge in [0, 0.05) is 7.05 Å². The second-order valence-corrected chi connectivity index (χ2v) is 1.47. The Labute approximate surface area is 60.9 Å². The summed E-state index contributed by atoms with van der Waals surface area (Å²) < 4.78 is 0. The summed E-state index contributed by atoms with van der Waals surface area (Å²) >= 11 is 0. The smallest absolute Gasteiger partial charge is 0.0822 e. The van der Waals surface area contributed by atoms with Crippen LogP contribution < -0.4 is 5.43 Å². The molecular formula is C7H11N3. The molecule has 0 aliphatic heterocycles. The van der Waals surface area contributed by atoms with Gasteiger partial charge < -0.3 is 5.43 Å². The lowest BCUT2D eigenvalue weighted by Gasteiger charge is -1.88. The Balaban J connectivity index is 4.07. The number of hydrazone groups is 1. The molecule has 0 spiro atoms. The van der Waals surface area contributed by atoms with Crippen molar-refractivity contribution in [1.29, 1.82) is 0 Å². The fourth-order valence-electron chi connectivity index (χ4n) is 0.388. The van der Waals surface area contributed by atoms with Gasteiger partial charge in [-0.2, -0.15) is 5.10 Å². The number of aliphatic imine (C=N–C) groups is 1. The number of nitrogens with one attached hydrogen (secondary N) is 1. The van der Waals surface area contributed by atoms with E-state index in [0.717, 1.165) is 0 Å². The van der Waals surface area contributed by atoms with Gasteiger partial charge in [-0.15, -0.1) is 0 Å². The van der Waals surface area contributed by atoms with Gasteiger partial charge >= 0.3 is 0 Å². The highest BCUT2D eigenvalue weighted by Crippen LogP contribution is 1.89. The first-order valence-electron chi connectivity index (χ1n) is 2.84. The maximum absolute atomic E-state index is 3.74. The molecule has 0 bridgehead atoms. The van der Waals surface area contributed by atoms with Crippen LogP contribution in [0.5, 0.6) is 0 Å². The molecule has 0 aliphatic carbocycles. The fraction of sp³-hybridized carbons (Fsp3) is 0.143. The van der Waals surface area contributed by atoms with Gasteiger partial charge in [0.15, 0.2) is 0 Å². The summed E-state index contributed by atoms with van der Waals surface area (Å²) in [6.45, 7) is 6.86. The van der Waals surface area contributed by atoms with E-state index >= 15 is 0 Å². The molecule has 0 radical (unpaired) electrons. The van der Waals surface area contributed by atoms with E-state index in [1.165, 1.54) is 0 Å². The minimum Gasteiger partial charge on any atom is -0.313 e. The largest absolute Gasteiger partial charge is 0.313 e. The van der Waals surface area contributed by atoms with Crippen molar-refractivity contribution in [2.75, 3.05) is 7.05 Å². The normalized spacial score (nSPS) is 11.5. The van der Waals surface area contributed by atoms with Crippen molar-refractivity contribution >= 4 is 12.9 Å². The number of allylic oxidation sites excluding steroid dienone is 3. The summed E-state index contributed by atoms with van der Waals surface area (Å²) in [4.78, 5) is 3.67. The van der Waals surface area contributed by atoms with E-state index in [1.807, 2.05) is 0 Å². The Kier molecular flexibility index (Phi) is 4.96. The molecule has 3 nitrogen and oxygen atoms in total. The van der Waals surface area contributed by atoms with Crippen LogP contribution in [0.15, 0.2) is 34.5 Å². The van der Waals surface area contributed by atoms with Gasteiger partial charge in [0.2, 0.25) is 0 Å².